The van der Waals surface area contributed by atoms with Gasteiger partial charge in [-0.3, -0.25) is 14.4 Å². The van der Waals surface area contributed by atoms with Gasteiger partial charge in [0.15, 0.2) is 15.6 Å². The lowest BCUT2D eigenvalue weighted by Crippen LogP contribution is -2.26. The number of hydrogen-bond acceptors (Lipinski definition) is 6. The molecule has 156 valence electrons. The molecule has 29 heavy (non-hydrogen) atoms. The fraction of sp³-hybridized carbons (Fsp3) is 0.381. The van der Waals surface area contributed by atoms with Crippen LogP contribution in [0.2, 0.25) is 0 Å². The van der Waals surface area contributed by atoms with Crippen molar-refractivity contribution >= 4 is 38.6 Å². The maximum absolute atomic E-state index is 12.1. The Morgan fingerprint density at radius 1 is 0.931 bits per heavy atom. The summed E-state index contributed by atoms with van der Waals surface area (Å²) in [6, 6.07) is 11.8. The van der Waals surface area contributed by atoms with Crippen LogP contribution in [-0.2, 0) is 19.4 Å². The molecular formula is C21H25NO5S2. The summed E-state index contributed by atoms with van der Waals surface area (Å²) in [5.41, 5.74) is 0. The highest BCUT2D eigenvalue weighted by atomic mass is 32.2. The van der Waals surface area contributed by atoms with Crippen molar-refractivity contribution in [1.29, 1.82) is 0 Å². The van der Waals surface area contributed by atoms with Crippen LogP contribution in [0.1, 0.15) is 46.7 Å². The Labute approximate surface area is 175 Å². The first-order valence-electron chi connectivity index (χ1n) is 9.44. The first-order chi connectivity index (χ1) is 13.8. The predicted octanol–water partition coefficient (Wildman–Crippen LogP) is 3.35. The summed E-state index contributed by atoms with van der Waals surface area (Å²) in [7, 11) is -3.36. The van der Waals surface area contributed by atoms with Crippen molar-refractivity contribution in [2.45, 2.75) is 43.9 Å². The summed E-state index contributed by atoms with van der Waals surface area (Å²) in [6.07, 6.45) is 0.684. The van der Waals surface area contributed by atoms with Crippen LogP contribution in [0.25, 0.3) is 0 Å². The molecule has 0 aliphatic heterocycles. The minimum atomic E-state index is -3.36. The third kappa shape index (κ3) is 7.91. The summed E-state index contributed by atoms with van der Waals surface area (Å²) in [5.74, 6) is -0.537. The molecule has 8 heteroatoms. The third-order valence-electron chi connectivity index (χ3n) is 4.29. The lowest BCUT2D eigenvalue weighted by atomic mass is 10.1. The summed E-state index contributed by atoms with van der Waals surface area (Å²) < 4.78 is 24.3. The van der Waals surface area contributed by atoms with Crippen molar-refractivity contribution in [2.75, 3.05) is 12.3 Å². The van der Waals surface area contributed by atoms with Crippen LogP contribution in [-0.4, -0.2) is 38.2 Å². The summed E-state index contributed by atoms with van der Waals surface area (Å²) >= 11 is 1.41. The van der Waals surface area contributed by atoms with E-state index in [1.807, 2.05) is 13.0 Å². The molecule has 0 aliphatic rings. The second-order valence-electron chi connectivity index (χ2n) is 6.71. The Morgan fingerprint density at radius 2 is 1.62 bits per heavy atom. The van der Waals surface area contributed by atoms with Gasteiger partial charge in [-0.15, -0.1) is 11.3 Å². The van der Waals surface area contributed by atoms with Gasteiger partial charge in [-0.05, 0) is 37.6 Å². The van der Waals surface area contributed by atoms with E-state index in [1.165, 1.54) is 11.3 Å². The highest BCUT2D eigenvalue weighted by Crippen LogP contribution is 2.17. The topological polar surface area (TPSA) is 97.4 Å². The summed E-state index contributed by atoms with van der Waals surface area (Å²) in [5, 5.41) is 2.63. The average Bonchev–Trinajstić information content (AvgIpc) is 3.15. The molecule has 0 saturated heterocycles. The van der Waals surface area contributed by atoms with Crippen molar-refractivity contribution in [3.63, 3.8) is 0 Å². The van der Waals surface area contributed by atoms with Crippen molar-refractivity contribution < 1.29 is 22.8 Å². The van der Waals surface area contributed by atoms with E-state index < -0.39 is 9.84 Å². The van der Waals surface area contributed by atoms with Crippen LogP contribution < -0.4 is 5.32 Å². The lowest BCUT2D eigenvalue weighted by molar-refractivity contribution is -0.125. The van der Waals surface area contributed by atoms with E-state index in [2.05, 4.69) is 5.32 Å². The Bertz CT molecular complexity index is 948. The number of nitrogens with one attached hydrogen (secondary N) is 1. The fourth-order valence-corrected chi connectivity index (χ4v) is 4.83. The molecule has 0 unspecified atom stereocenters. The number of amides is 1. The van der Waals surface area contributed by atoms with Gasteiger partial charge in [-0.2, -0.15) is 0 Å². The lowest BCUT2D eigenvalue weighted by Gasteiger charge is -2.06. The van der Waals surface area contributed by atoms with Crippen molar-refractivity contribution in [1.82, 2.24) is 5.32 Å². The van der Waals surface area contributed by atoms with Gasteiger partial charge in [0.2, 0.25) is 5.91 Å². The number of Topliss-reactive ketones (excluding diaryl/α,β-unsaturated/α-hetero) is 2. The number of hydrogen-bond donors (Lipinski definition) is 1. The second-order valence-corrected chi connectivity index (χ2v) is 10.1. The van der Waals surface area contributed by atoms with E-state index in [4.69, 9.17) is 0 Å². The normalized spacial score (nSPS) is 11.2. The Hall–Kier alpha value is -2.32. The number of sulfone groups is 1. The van der Waals surface area contributed by atoms with Crippen molar-refractivity contribution in [3.05, 3.63) is 52.2 Å². The number of ketones is 2. The molecule has 2 aromatic rings. The standard InChI is InChI=1S/C21H25NO5S2/c1-16-8-12-20(28-16)19(24)11-9-17(23)10-13-21(25)22-14-5-15-29(26,27)18-6-3-2-4-7-18/h2-4,6-8,12H,5,9-11,13-15H2,1H3,(H,22,25). The van der Waals surface area contributed by atoms with Crippen LogP contribution >= 0.6 is 11.3 Å². The number of aryl methyl sites for hydroxylation is 1. The number of rotatable bonds is 12. The molecule has 0 radical (unpaired) electrons. The molecule has 1 heterocycles. The molecule has 1 aromatic carbocycles. The quantitative estimate of drug-likeness (QED) is 0.407. The minimum Gasteiger partial charge on any atom is -0.356 e. The number of carbonyl (C=O) groups excluding carboxylic acids is 3. The molecule has 1 aromatic heterocycles. The van der Waals surface area contributed by atoms with E-state index >= 15 is 0 Å². The van der Waals surface area contributed by atoms with Crippen LogP contribution in [0.15, 0.2) is 47.4 Å². The first kappa shape index (κ1) is 23.0. The van der Waals surface area contributed by atoms with Gasteiger partial charge in [0, 0.05) is 37.1 Å². The van der Waals surface area contributed by atoms with Crippen LogP contribution in [0, 0.1) is 6.92 Å². The summed E-state index contributed by atoms with van der Waals surface area (Å²) in [6.45, 7) is 2.15. The zero-order valence-electron chi connectivity index (χ0n) is 16.3. The molecule has 0 saturated carbocycles. The molecule has 1 N–H and O–H groups in total. The Balaban J connectivity index is 1.60. The minimum absolute atomic E-state index is 0.0383. The largest absolute Gasteiger partial charge is 0.356 e. The van der Waals surface area contributed by atoms with E-state index in [1.54, 1.807) is 36.4 Å². The highest BCUT2D eigenvalue weighted by Gasteiger charge is 2.14. The van der Waals surface area contributed by atoms with Crippen LogP contribution in [0.5, 0.6) is 0 Å². The molecule has 0 spiro atoms. The average molecular weight is 436 g/mol. The van der Waals surface area contributed by atoms with E-state index in [0.717, 1.165) is 4.88 Å². The number of thiophene rings is 1. The highest BCUT2D eigenvalue weighted by molar-refractivity contribution is 7.91. The van der Waals surface area contributed by atoms with Gasteiger partial charge in [0.25, 0.3) is 0 Å². The monoisotopic (exact) mass is 435 g/mol. The van der Waals surface area contributed by atoms with E-state index in [9.17, 15) is 22.8 Å². The molecule has 0 atom stereocenters. The maximum Gasteiger partial charge on any atom is 0.220 e. The SMILES string of the molecule is Cc1ccc(C(=O)CCC(=O)CCC(=O)NCCCS(=O)(=O)c2ccccc2)s1. The van der Waals surface area contributed by atoms with Gasteiger partial charge >= 0.3 is 0 Å². The predicted molar refractivity (Wildman–Crippen MR) is 113 cm³/mol. The zero-order chi connectivity index (χ0) is 21.3. The molecule has 0 aliphatic carbocycles. The van der Waals surface area contributed by atoms with Gasteiger partial charge < -0.3 is 5.32 Å². The Kier molecular flexibility index (Phi) is 8.72. The molecule has 2 rings (SSSR count). The first-order valence-corrected chi connectivity index (χ1v) is 11.9. The van der Waals surface area contributed by atoms with Crippen LogP contribution in [0.4, 0.5) is 0 Å². The van der Waals surface area contributed by atoms with Gasteiger partial charge in [0.1, 0.15) is 5.78 Å². The number of carbonyl (C=O) groups is 3. The van der Waals surface area contributed by atoms with Crippen LogP contribution in [0.3, 0.4) is 0 Å². The molecule has 6 nitrogen and oxygen atoms in total. The Morgan fingerprint density at radius 3 is 2.28 bits per heavy atom. The maximum atomic E-state index is 12.1. The molecule has 0 fully saturated rings. The molecular weight excluding hydrogens is 410 g/mol. The zero-order valence-corrected chi connectivity index (χ0v) is 18.0. The molecule has 0 bridgehead atoms. The smallest absolute Gasteiger partial charge is 0.220 e. The third-order valence-corrected chi connectivity index (χ3v) is 7.15. The van der Waals surface area contributed by atoms with E-state index in [0.29, 0.717) is 11.3 Å². The van der Waals surface area contributed by atoms with Gasteiger partial charge in [-0.1, -0.05) is 18.2 Å². The number of benzene rings is 1. The fourth-order valence-electron chi connectivity index (χ4n) is 2.66. The molecule has 1 amide bonds. The van der Waals surface area contributed by atoms with Crippen molar-refractivity contribution in [2.24, 2.45) is 0 Å². The van der Waals surface area contributed by atoms with Gasteiger partial charge in [-0.25, -0.2) is 8.42 Å². The van der Waals surface area contributed by atoms with Crippen molar-refractivity contribution in [3.8, 4) is 0 Å². The van der Waals surface area contributed by atoms with Gasteiger partial charge in [0.05, 0.1) is 15.5 Å². The second kappa shape index (κ2) is 11.0. The summed E-state index contributed by atoms with van der Waals surface area (Å²) in [4.78, 5) is 37.7. The van der Waals surface area contributed by atoms with E-state index in [-0.39, 0.29) is 60.4 Å².